The van der Waals surface area contributed by atoms with Crippen LogP contribution in [0.15, 0.2) is 30.3 Å². The van der Waals surface area contributed by atoms with Crippen molar-refractivity contribution in [3.05, 3.63) is 52.0 Å². The number of amides is 1. The highest BCUT2D eigenvalue weighted by Crippen LogP contribution is 2.37. The SMILES string of the molecule is CCCCOc1c(Cl)cc(C(=O)Nc2ccc(C)cc2CN(C)C)cc1OCC. The Morgan fingerprint density at radius 2 is 1.90 bits per heavy atom. The van der Waals surface area contributed by atoms with E-state index in [0.29, 0.717) is 35.3 Å². The average Bonchev–Trinajstić information content (AvgIpc) is 2.65. The van der Waals surface area contributed by atoms with Crippen LogP contribution in [0.1, 0.15) is 48.2 Å². The molecule has 0 aliphatic rings. The molecule has 0 fully saturated rings. The molecular formula is C23H31ClN2O3. The molecule has 0 radical (unpaired) electrons. The minimum absolute atomic E-state index is 0.239. The lowest BCUT2D eigenvalue weighted by Gasteiger charge is -2.17. The minimum atomic E-state index is -0.239. The van der Waals surface area contributed by atoms with Gasteiger partial charge in [0.1, 0.15) is 0 Å². The van der Waals surface area contributed by atoms with Crippen LogP contribution in [0.2, 0.25) is 5.02 Å². The Morgan fingerprint density at radius 3 is 2.55 bits per heavy atom. The number of halogens is 1. The van der Waals surface area contributed by atoms with E-state index in [1.54, 1.807) is 12.1 Å². The molecule has 0 aliphatic heterocycles. The molecule has 0 atom stereocenters. The number of anilines is 1. The van der Waals surface area contributed by atoms with Crippen LogP contribution in [0.3, 0.4) is 0 Å². The van der Waals surface area contributed by atoms with Crippen LogP contribution in [-0.2, 0) is 6.54 Å². The number of hydrogen-bond acceptors (Lipinski definition) is 4. The smallest absolute Gasteiger partial charge is 0.255 e. The molecule has 0 spiro atoms. The summed E-state index contributed by atoms with van der Waals surface area (Å²) in [6.07, 6.45) is 1.94. The third-order valence-corrected chi connectivity index (χ3v) is 4.59. The number of rotatable bonds is 10. The summed E-state index contributed by atoms with van der Waals surface area (Å²) in [6.45, 7) is 7.76. The molecule has 0 unspecified atom stereocenters. The first-order chi connectivity index (χ1) is 13.8. The topological polar surface area (TPSA) is 50.8 Å². The van der Waals surface area contributed by atoms with Crippen LogP contribution < -0.4 is 14.8 Å². The number of unbranched alkanes of at least 4 members (excludes halogenated alkanes) is 1. The first kappa shape index (κ1) is 23.0. The van der Waals surface area contributed by atoms with E-state index in [1.807, 2.05) is 40.1 Å². The van der Waals surface area contributed by atoms with Crippen molar-refractivity contribution in [1.82, 2.24) is 4.90 Å². The molecule has 5 nitrogen and oxygen atoms in total. The zero-order valence-corrected chi connectivity index (χ0v) is 18.7. The van der Waals surface area contributed by atoms with Crippen molar-refractivity contribution in [1.29, 1.82) is 0 Å². The van der Waals surface area contributed by atoms with Gasteiger partial charge in [-0.2, -0.15) is 0 Å². The first-order valence-electron chi connectivity index (χ1n) is 10.00. The standard InChI is InChI=1S/C23H31ClN2O3/c1-6-8-11-29-22-19(24)13-17(14-21(22)28-7-2)23(27)25-20-10-9-16(3)12-18(20)15-26(4)5/h9-10,12-14H,6-8,11,15H2,1-5H3,(H,25,27). The number of benzene rings is 2. The molecule has 2 aromatic carbocycles. The summed E-state index contributed by atoms with van der Waals surface area (Å²) >= 11 is 6.43. The highest BCUT2D eigenvalue weighted by Gasteiger charge is 2.17. The molecule has 29 heavy (non-hydrogen) atoms. The fraction of sp³-hybridized carbons (Fsp3) is 0.435. The van der Waals surface area contributed by atoms with Crippen molar-refractivity contribution < 1.29 is 14.3 Å². The molecule has 1 N–H and O–H groups in total. The normalized spacial score (nSPS) is 10.9. The number of nitrogens with zero attached hydrogens (tertiary/aromatic N) is 1. The zero-order valence-electron chi connectivity index (χ0n) is 18.0. The Morgan fingerprint density at radius 1 is 1.14 bits per heavy atom. The Kier molecular flexibility index (Phi) is 8.80. The minimum Gasteiger partial charge on any atom is -0.490 e. The largest absolute Gasteiger partial charge is 0.490 e. The van der Waals surface area contributed by atoms with Crippen LogP contribution in [0.25, 0.3) is 0 Å². The van der Waals surface area contributed by atoms with Crippen molar-refractivity contribution in [3.8, 4) is 11.5 Å². The Balaban J connectivity index is 2.29. The highest BCUT2D eigenvalue weighted by molar-refractivity contribution is 6.32. The molecule has 0 saturated heterocycles. The van der Waals surface area contributed by atoms with E-state index in [2.05, 4.69) is 23.2 Å². The fourth-order valence-corrected chi connectivity index (χ4v) is 3.20. The molecule has 1 amide bonds. The highest BCUT2D eigenvalue weighted by atomic mass is 35.5. The molecule has 158 valence electrons. The molecule has 2 rings (SSSR count). The lowest BCUT2D eigenvalue weighted by Crippen LogP contribution is -2.17. The molecule has 0 saturated carbocycles. The van der Waals surface area contributed by atoms with Gasteiger partial charge in [0.15, 0.2) is 11.5 Å². The lowest BCUT2D eigenvalue weighted by molar-refractivity contribution is 0.102. The van der Waals surface area contributed by atoms with Crippen molar-refractivity contribution >= 4 is 23.2 Å². The third-order valence-electron chi connectivity index (χ3n) is 4.31. The van der Waals surface area contributed by atoms with Gasteiger partial charge >= 0.3 is 0 Å². The number of carbonyl (C=O) groups excluding carboxylic acids is 1. The summed E-state index contributed by atoms with van der Waals surface area (Å²) in [5, 5.41) is 3.38. The van der Waals surface area contributed by atoms with Gasteiger partial charge in [-0.1, -0.05) is 42.6 Å². The predicted molar refractivity (Wildman–Crippen MR) is 120 cm³/mol. The summed E-state index contributed by atoms with van der Waals surface area (Å²) in [4.78, 5) is 15.0. The van der Waals surface area contributed by atoms with Gasteiger partial charge < -0.3 is 19.7 Å². The Hall–Kier alpha value is -2.24. The molecule has 0 bridgehead atoms. The summed E-state index contributed by atoms with van der Waals surface area (Å²) < 4.78 is 11.5. The van der Waals surface area contributed by atoms with Gasteiger partial charge in [0.2, 0.25) is 0 Å². The summed E-state index contributed by atoms with van der Waals surface area (Å²) in [5.74, 6) is 0.734. The van der Waals surface area contributed by atoms with Gasteiger partial charge in [0.05, 0.1) is 18.2 Å². The first-order valence-corrected chi connectivity index (χ1v) is 10.4. The Labute approximate surface area is 179 Å². The lowest BCUT2D eigenvalue weighted by atomic mass is 10.1. The van der Waals surface area contributed by atoms with E-state index in [4.69, 9.17) is 21.1 Å². The average molecular weight is 419 g/mol. The third kappa shape index (κ3) is 6.65. The van der Waals surface area contributed by atoms with Crippen molar-refractivity contribution in [3.63, 3.8) is 0 Å². The summed E-state index contributed by atoms with van der Waals surface area (Å²) in [6, 6.07) is 9.31. The number of nitrogens with one attached hydrogen (secondary N) is 1. The van der Waals surface area contributed by atoms with Crippen molar-refractivity contribution in [2.45, 2.75) is 40.2 Å². The predicted octanol–water partition coefficient (Wildman–Crippen LogP) is 5.54. The second kappa shape index (κ2) is 11.1. The molecule has 0 aromatic heterocycles. The van der Waals surface area contributed by atoms with E-state index in [0.717, 1.165) is 36.2 Å². The molecule has 0 heterocycles. The molecule has 2 aromatic rings. The number of ether oxygens (including phenoxy) is 2. The monoisotopic (exact) mass is 418 g/mol. The maximum Gasteiger partial charge on any atom is 0.255 e. The second-order valence-corrected chi connectivity index (χ2v) is 7.68. The van der Waals surface area contributed by atoms with Gasteiger partial charge in [-0.15, -0.1) is 0 Å². The number of aryl methyl sites for hydroxylation is 1. The van der Waals surface area contributed by atoms with Gasteiger partial charge in [-0.05, 0) is 58.1 Å². The van der Waals surface area contributed by atoms with Gasteiger partial charge in [-0.3, -0.25) is 4.79 Å². The van der Waals surface area contributed by atoms with Gasteiger partial charge in [-0.25, -0.2) is 0 Å². The van der Waals surface area contributed by atoms with Crippen LogP contribution >= 0.6 is 11.6 Å². The van der Waals surface area contributed by atoms with Gasteiger partial charge in [0, 0.05) is 17.8 Å². The molecular weight excluding hydrogens is 388 g/mol. The quantitative estimate of drug-likeness (QED) is 0.514. The van der Waals surface area contributed by atoms with Crippen LogP contribution in [-0.4, -0.2) is 38.1 Å². The number of carbonyl (C=O) groups is 1. The second-order valence-electron chi connectivity index (χ2n) is 7.27. The summed E-state index contributed by atoms with van der Waals surface area (Å²) in [7, 11) is 4.00. The van der Waals surface area contributed by atoms with E-state index < -0.39 is 0 Å². The fourth-order valence-electron chi connectivity index (χ4n) is 2.93. The van der Waals surface area contributed by atoms with Gasteiger partial charge in [0.25, 0.3) is 5.91 Å². The van der Waals surface area contributed by atoms with E-state index in [-0.39, 0.29) is 5.91 Å². The summed E-state index contributed by atoms with van der Waals surface area (Å²) in [5.41, 5.74) is 3.42. The number of hydrogen-bond donors (Lipinski definition) is 1. The van der Waals surface area contributed by atoms with E-state index >= 15 is 0 Å². The van der Waals surface area contributed by atoms with Crippen molar-refractivity contribution in [2.75, 3.05) is 32.6 Å². The molecule has 0 aliphatic carbocycles. The van der Waals surface area contributed by atoms with E-state index in [9.17, 15) is 4.79 Å². The molecule has 6 heteroatoms. The maximum atomic E-state index is 12.9. The van der Waals surface area contributed by atoms with Crippen LogP contribution in [0.5, 0.6) is 11.5 Å². The van der Waals surface area contributed by atoms with E-state index in [1.165, 1.54) is 0 Å². The maximum absolute atomic E-state index is 12.9. The van der Waals surface area contributed by atoms with Crippen molar-refractivity contribution in [2.24, 2.45) is 0 Å². The van der Waals surface area contributed by atoms with Crippen LogP contribution in [0.4, 0.5) is 5.69 Å². The zero-order chi connectivity index (χ0) is 21.4. The Bertz CT molecular complexity index is 837. The van der Waals surface area contributed by atoms with Crippen LogP contribution in [0, 0.1) is 6.92 Å².